The zero-order valence-electron chi connectivity index (χ0n) is 8.63. The van der Waals surface area contributed by atoms with Gasteiger partial charge >= 0.3 is 0 Å². The fourth-order valence-electron chi connectivity index (χ4n) is 1.44. The average molecular weight is 233 g/mol. The zero-order chi connectivity index (χ0) is 11.4. The third-order valence-electron chi connectivity index (χ3n) is 2.25. The van der Waals surface area contributed by atoms with Gasteiger partial charge in [-0.05, 0) is 30.0 Å². The first-order chi connectivity index (χ1) is 7.77. The smallest absolute Gasteiger partial charge is 0.253 e. The van der Waals surface area contributed by atoms with Crippen LogP contribution in [0.1, 0.15) is 11.3 Å². The largest absolute Gasteiger partial charge is 0.275 e. The Morgan fingerprint density at radius 2 is 2.38 bits per heavy atom. The lowest BCUT2D eigenvalue weighted by molar-refractivity contribution is -0.139. The van der Waals surface area contributed by atoms with Gasteiger partial charge in [0.15, 0.2) is 0 Å². The van der Waals surface area contributed by atoms with E-state index in [1.165, 1.54) is 17.1 Å². The van der Waals surface area contributed by atoms with Crippen molar-refractivity contribution in [2.45, 2.75) is 6.42 Å². The summed E-state index contributed by atoms with van der Waals surface area (Å²) >= 11 is 1.56. The molecule has 0 radical (unpaired) electrons. The maximum atomic E-state index is 11.7. The first-order valence-corrected chi connectivity index (χ1v) is 5.89. The molecule has 0 saturated heterocycles. The second-order valence-corrected chi connectivity index (χ2v) is 4.35. The van der Waals surface area contributed by atoms with Gasteiger partial charge in [-0.15, -0.1) is 11.3 Å². The number of thiophene rings is 1. The van der Waals surface area contributed by atoms with Gasteiger partial charge < -0.3 is 0 Å². The fraction of sp³-hybridized carbons (Fsp3) is 0.167. The van der Waals surface area contributed by atoms with Crippen molar-refractivity contribution >= 4 is 29.2 Å². The average Bonchev–Trinajstić information content (AvgIpc) is 2.79. The summed E-state index contributed by atoms with van der Waals surface area (Å²) in [5.41, 5.74) is 0. The highest BCUT2D eigenvalue weighted by Gasteiger charge is 2.18. The molecule has 0 atom stereocenters. The Morgan fingerprint density at radius 3 is 3.06 bits per heavy atom. The summed E-state index contributed by atoms with van der Waals surface area (Å²) in [4.78, 5) is 25.3. The Kier molecular flexibility index (Phi) is 3.31. The summed E-state index contributed by atoms with van der Waals surface area (Å²) in [5, 5.41) is 1.94. The fourth-order valence-corrected chi connectivity index (χ4v) is 2.05. The standard InChI is InChI=1S/C12H11NO2S/c14-11-5-1-2-8-13(11)12(15)7-6-10-4-3-9-16-10/h1,3-7,9H,2,8H2/b7-6+. The third kappa shape index (κ3) is 2.46. The molecule has 0 fully saturated rings. The van der Waals surface area contributed by atoms with Gasteiger partial charge in [-0.1, -0.05) is 12.1 Å². The van der Waals surface area contributed by atoms with Crippen LogP contribution in [0.3, 0.4) is 0 Å². The molecule has 16 heavy (non-hydrogen) atoms. The molecule has 1 aliphatic rings. The Balaban J connectivity index is 2.03. The van der Waals surface area contributed by atoms with Crippen LogP contribution in [0.15, 0.2) is 35.7 Å². The number of carbonyl (C=O) groups excluding carboxylic acids is 2. The van der Waals surface area contributed by atoms with Crippen molar-refractivity contribution in [3.05, 3.63) is 40.6 Å². The van der Waals surface area contributed by atoms with Crippen molar-refractivity contribution in [2.24, 2.45) is 0 Å². The van der Waals surface area contributed by atoms with Crippen LogP contribution in [0.25, 0.3) is 6.08 Å². The lowest BCUT2D eigenvalue weighted by atomic mass is 10.2. The molecule has 1 aromatic heterocycles. The lowest BCUT2D eigenvalue weighted by Gasteiger charge is -2.19. The maximum Gasteiger partial charge on any atom is 0.253 e. The van der Waals surface area contributed by atoms with E-state index in [1.54, 1.807) is 23.5 Å². The van der Waals surface area contributed by atoms with Crippen LogP contribution in [0.5, 0.6) is 0 Å². The molecule has 0 bridgehead atoms. The van der Waals surface area contributed by atoms with Crippen LogP contribution < -0.4 is 0 Å². The molecule has 0 aromatic carbocycles. The molecule has 0 saturated carbocycles. The van der Waals surface area contributed by atoms with E-state index in [-0.39, 0.29) is 11.8 Å². The van der Waals surface area contributed by atoms with Crippen molar-refractivity contribution in [2.75, 3.05) is 6.54 Å². The van der Waals surface area contributed by atoms with Crippen molar-refractivity contribution in [1.82, 2.24) is 4.90 Å². The molecule has 2 rings (SSSR count). The molecule has 82 valence electrons. The van der Waals surface area contributed by atoms with Gasteiger partial charge in [-0.25, -0.2) is 0 Å². The Bertz CT molecular complexity index is 446. The third-order valence-corrected chi connectivity index (χ3v) is 3.08. The number of amides is 2. The van der Waals surface area contributed by atoms with Crippen LogP contribution in [-0.2, 0) is 9.59 Å². The monoisotopic (exact) mass is 233 g/mol. The van der Waals surface area contributed by atoms with Crippen molar-refractivity contribution in [3.63, 3.8) is 0 Å². The Labute approximate surface area is 97.7 Å². The van der Waals surface area contributed by atoms with E-state index in [0.717, 1.165) is 11.3 Å². The molecule has 0 spiro atoms. The molecule has 0 unspecified atom stereocenters. The number of rotatable bonds is 2. The van der Waals surface area contributed by atoms with Gasteiger partial charge in [0.05, 0.1) is 0 Å². The maximum absolute atomic E-state index is 11.7. The predicted octanol–water partition coefficient (Wildman–Crippen LogP) is 2.08. The quantitative estimate of drug-likeness (QED) is 0.733. The summed E-state index contributed by atoms with van der Waals surface area (Å²) in [6, 6.07) is 3.84. The van der Waals surface area contributed by atoms with E-state index in [1.807, 2.05) is 17.5 Å². The van der Waals surface area contributed by atoms with Gasteiger partial charge in [0.2, 0.25) is 0 Å². The summed E-state index contributed by atoms with van der Waals surface area (Å²) in [6.07, 6.45) is 7.15. The van der Waals surface area contributed by atoms with Crippen molar-refractivity contribution in [3.8, 4) is 0 Å². The molecule has 0 aliphatic carbocycles. The minimum Gasteiger partial charge on any atom is -0.275 e. The van der Waals surface area contributed by atoms with E-state index in [0.29, 0.717) is 6.54 Å². The van der Waals surface area contributed by atoms with Gasteiger partial charge in [0, 0.05) is 17.5 Å². The van der Waals surface area contributed by atoms with Crippen molar-refractivity contribution in [1.29, 1.82) is 0 Å². The molecule has 1 aliphatic heterocycles. The topological polar surface area (TPSA) is 37.4 Å². The molecule has 1 aromatic rings. The molecule has 2 heterocycles. The Hall–Kier alpha value is -1.68. The van der Waals surface area contributed by atoms with E-state index in [9.17, 15) is 9.59 Å². The number of hydrogen-bond donors (Lipinski definition) is 0. The van der Waals surface area contributed by atoms with E-state index in [2.05, 4.69) is 0 Å². The molecule has 2 amide bonds. The van der Waals surface area contributed by atoms with Gasteiger partial charge in [-0.2, -0.15) is 0 Å². The molecular weight excluding hydrogens is 222 g/mol. The van der Waals surface area contributed by atoms with Gasteiger partial charge in [-0.3, -0.25) is 14.5 Å². The Morgan fingerprint density at radius 1 is 1.50 bits per heavy atom. The minimum atomic E-state index is -0.247. The lowest BCUT2D eigenvalue weighted by Crippen LogP contribution is -2.37. The summed E-state index contributed by atoms with van der Waals surface area (Å²) in [6.45, 7) is 0.475. The highest BCUT2D eigenvalue weighted by Crippen LogP contribution is 2.11. The number of imide groups is 1. The van der Waals surface area contributed by atoms with Crippen LogP contribution in [0.2, 0.25) is 0 Å². The van der Waals surface area contributed by atoms with Crippen LogP contribution in [0.4, 0.5) is 0 Å². The second kappa shape index (κ2) is 4.90. The number of carbonyl (C=O) groups is 2. The minimum absolute atomic E-state index is 0.230. The SMILES string of the molecule is O=C1C=CCCN1C(=O)/C=C/c1cccs1. The first-order valence-electron chi connectivity index (χ1n) is 5.01. The molecular formula is C12H11NO2S. The van der Waals surface area contributed by atoms with Gasteiger partial charge in [0.25, 0.3) is 11.8 Å². The molecule has 0 N–H and O–H groups in total. The zero-order valence-corrected chi connectivity index (χ0v) is 9.44. The molecule has 4 heteroatoms. The second-order valence-electron chi connectivity index (χ2n) is 3.37. The predicted molar refractivity (Wildman–Crippen MR) is 63.8 cm³/mol. The van der Waals surface area contributed by atoms with Crippen LogP contribution in [-0.4, -0.2) is 23.3 Å². The number of nitrogens with zero attached hydrogens (tertiary/aromatic N) is 1. The summed E-state index contributed by atoms with van der Waals surface area (Å²) < 4.78 is 0. The van der Waals surface area contributed by atoms with E-state index in [4.69, 9.17) is 0 Å². The molecule has 3 nitrogen and oxygen atoms in total. The van der Waals surface area contributed by atoms with Crippen LogP contribution in [0, 0.1) is 0 Å². The normalized spacial score (nSPS) is 16.0. The number of hydrogen-bond acceptors (Lipinski definition) is 3. The highest BCUT2D eigenvalue weighted by atomic mass is 32.1. The first kappa shape index (κ1) is 10.8. The summed E-state index contributed by atoms with van der Waals surface area (Å²) in [5.74, 6) is -0.477. The van der Waals surface area contributed by atoms with Gasteiger partial charge in [0.1, 0.15) is 0 Å². The summed E-state index contributed by atoms with van der Waals surface area (Å²) in [7, 11) is 0. The van der Waals surface area contributed by atoms with E-state index < -0.39 is 0 Å². The van der Waals surface area contributed by atoms with Crippen LogP contribution >= 0.6 is 11.3 Å². The van der Waals surface area contributed by atoms with E-state index >= 15 is 0 Å². The van der Waals surface area contributed by atoms with Crippen molar-refractivity contribution < 1.29 is 9.59 Å². The highest BCUT2D eigenvalue weighted by molar-refractivity contribution is 7.10.